The Labute approximate surface area is 193 Å². The van der Waals surface area contributed by atoms with Gasteiger partial charge < -0.3 is 5.11 Å². The van der Waals surface area contributed by atoms with Gasteiger partial charge >= 0.3 is 0 Å². The molecule has 1 heteroatoms. The Bertz CT molecular complexity index is 691. The van der Waals surface area contributed by atoms with E-state index in [1.54, 1.807) is 0 Å². The van der Waals surface area contributed by atoms with Gasteiger partial charge in [-0.25, -0.2) is 0 Å². The Morgan fingerprint density at radius 3 is 2.32 bits per heavy atom. The summed E-state index contributed by atoms with van der Waals surface area (Å²) in [6.45, 7) is 20.1. The molecular weight excluding hydrogens is 376 g/mol. The second-order valence-corrected chi connectivity index (χ2v) is 13.8. The molecule has 4 aliphatic carbocycles. The smallest absolute Gasteiger partial charge is 0.0568 e. The van der Waals surface area contributed by atoms with Crippen LogP contribution in [0.1, 0.15) is 113 Å². The molecule has 178 valence electrons. The fraction of sp³-hybridized carbons (Fsp3) is 0.933. The average molecular weight is 429 g/mol. The highest BCUT2D eigenvalue weighted by atomic mass is 16.3. The lowest BCUT2D eigenvalue weighted by Gasteiger charge is -2.71. The van der Waals surface area contributed by atoms with Gasteiger partial charge in [0.05, 0.1) is 6.10 Å². The van der Waals surface area contributed by atoms with Crippen molar-refractivity contribution in [2.75, 3.05) is 0 Å². The summed E-state index contributed by atoms with van der Waals surface area (Å²) in [5, 5.41) is 10.7. The predicted molar refractivity (Wildman–Crippen MR) is 133 cm³/mol. The van der Waals surface area contributed by atoms with Crippen molar-refractivity contribution in [2.24, 2.45) is 57.7 Å². The first-order valence-electron chi connectivity index (χ1n) is 13.8. The van der Waals surface area contributed by atoms with Crippen molar-refractivity contribution >= 4 is 0 Å². The second-order valence-electron chi connectivity index (χ2n) is 13.8. The van der Waals surface area contributed by atoms with E-state index in [1.165, 1.54) is 56.9 Å². The Kier molecular flexibility index (Phi) is 6.29. The van der Waals surface area contributed by atoms with Crippen molar-refractivity contribution in [3.63, 3.8) is 0 Å². The summed E-state index contributed by atoms with van der Waals surface area (Å²) in [5.74, 6) is 5.44. The normalized spacial score (nSPS) is 54.0. The first-order chi connectivity index (χ1) is 14.5. The van der Waals surface area contributed by atoms with Crippen LogP contribution >= 0.6 is 0 Å². The van der Waals surface area contributed by atoms with E-state index in [4.69, 9.17) is 0 Å². The van der Waals surface area contributed by atoms with E-state index < -0.39 is 0 Å². The maximum atomic E-state index is 10.7. The first kappa shape index (κ1) is 23.8. The van der Waals surface area contributed by atoms with Crippen LogP contribution in [0.5, 0.6) is 0 Å². The Hall–Kier alpha value is -0.300. The van der Waals surface area contributed by atoms with Crippen LogP contribution in [-0.4, -0.2) is 11.2 Å². The van der Waals surface area contributed by atoms with Gasteiger partial charge in [0, 0.05) is 0 Å². The van der Waals surface area contributed by atoms with E-state index in [0.717, 1.165) is 36.0 Å². The maximum absolute atomic E-state index is 10.7. The van der Waals surface area contributed by atoms with Crippen molar-refractivity contribution < 1.29 is 5.11 Å². The number of allylic oxidation sites excluding steroid dienone is 2. The zero-order valence-corrected chi connectivity index (χ0v) is 22.0. The fourth-order valence-corrected chi connectivity index (χ4v) is 10.9. The van der Waals surface area contributed by atoms with E-state index in [-0.39, 0.29) is 6.10 Å². The summed E-state index contributed by atoms with van der Waals surface area (Å²) >= 11 is 0. The van der Waals surface area contributed by atoms with E-state index in [9.17, 15) is 5.11 Å². The standard InChI is InChI=1S/C30H52O/c1-19(2)11-9-10-12-23-13-16-29(7)27(23)20(3)17-25-28(6)15-14-24(31)22(5)26(28)21(4)18-30(25,29)8/h11,20-27,31H,9-10,12-18H2,1-8H3/t20?,21?,22-,23?,24-,25?,26?,27?,28+,29+,30+/m0/s1. The molecule has 0 saturated heterocycles. The third kappa shape index (κ3) is 3.50. The van der Waals surface area contributed by atoms with Gasteiger partial charge in [0.2, 0.25) is 0 Å². The van der Waals surface area contributed by atoms with Gasteiger partial charge in [0.15, 0.2) is 0 Å². The highest BCUT2D eigenvalue weighted by molar-refractivity contribution is 5.18. The number of aliphatic hydroxyl groups is 1. The lowest BCUT2D eigenvalue weighted by molar-refractivity contribution is -0.231. The average Bonchev–Trinajstić information content (AvgIpc) is 3.03. The number of hydrogen-bond donors (Lipinski definition) is 1. The Morgan fingerprint density at radius 2 is 1.65 bits per heavy atom. The number of rotatable bonds is 4. The third-order valence-electron chi connectivity index (χ3n) is 12.0. The van der Waals surface area contributed by atoms with E-state index in [0.29, 0.717) is 28.1 Å². The molecule has 0 heterocycles. The molecule has 0 aliphatic heterocycles. The van der Waals surface area contributed by atoms with Gasteiger partial charge in [-0.05, 0) is 129 Å². The van der Waals surface area contributed by atoms with Crippen LogP contribution in [0.25, 0.3) is 0 Å². The zero-order valence-electron chi connectivity index (χ0n) is 22.0. The molecule has 0 radical (unpaired) electrons. The summed E-state index contributed by atoms with van der Waals surface area (Å²) in [6, 6.07) is 0. The molecule has 0 amide bonds. The van der Waals surface area contributed by atoms with Crippen molar-refractivity contribution in [1.82, 2.24) is 0 Å². The Morgan fingerprint density at radius 1 is 0.935 bits per heavy atom. The summed E-state index contributed by atoms with van der Waals surface area (Å²) in [7, 11) is 0. The molecule has 0 bridgehead atoms. The van der Waals surface area contributed by atoms with Gasteiger partial charge in [-0.1, -0.05) is 53.2 Å². The highest BCUT2D eigenvalue weighted by Crippen LogP contribution is 2.76. The van der Waals surface area contributed by atoms with Crippen molar-refractivity contribution in [3.8, 4) is 0 Å². The summed E-state index contributed by atoms with van der Waals surface area (Å²) in [5.41, 5.74) is 2.85. The minimum Gasteiger partial charge on any atom is -0.393 e. The minimum atomic E-state index is -0.0779. The molecule has 31 heavy (non-hydrogen) atoms. The topological polar surface area (TPSA) is 20.2 Å². The monoisotopic (exact) mass is 428 g/mol. The van der Waals surface area contributed by atoms with Gasteiger partial charge in [0.1, 0.15) is 0 Å². The molecule has 4 rings (SSSR count). The van der Waals surface area contributed by atoms with E-state index >= 15 is 0 Å². The third-order valence-corrected chi connectivity index (χ3v) is 12.0. The molecule has 1 N–H and O–H groups in total. The van der Waals surface area contributed by atoms with Gasteiger partial charge in [0.25, 0.3) is 0 Å². The summed E-state index contributed by atoms with van der Waals surface area (Å²) in [6.07, 6.45) is 14.5. The fourth-order valence-electron chi connectivity index (χ4n) is 10.9. The second kappa shape index (κ2) is 8.18. The number of hydrogen-bond acceptors (Lipinski definition) is 1. The highest BCUT2D eigenvalue weighted by Gasteiger charge is 2.69. The molecule has 0 aromatic heterocycles. The van der Waals surface area contributed by atoms with Crippen molar-refractivity contribution in [3.05, 3.63) is 11.6 Å². The van der Waals surface area contributed by atoms with Crippen LogP contribution in [0.15, 0.2) is 11.6 Å². The lowest BCUT2D eigenvalue weighted by atomic mass is 9.34. The molecule has 0 spiro atoms. The van der Waals surface area contributed by atoms with Gasteiger partial charge in [-0.15, -0.1) is 0 Å². The van der Waals surface area contributed by atoms with Crippen LogP contribution < -0.4 is 0 Å². The van der Waals surface area contributed by atoms with E-state index in [1.807, 2.05) is 0 Å². The zero-order chi connectivity index (χ0) is 22.8. The first-order valence-corrected chi connectivity index (χ1v) is 13.8. The van der Waals surface area contributed by atoms with Crippen LogP contribution in [0, 0.1) is 57.7 Å². The lowest BCUT2D eigenvalue weighted by Crippen LogP contribution is -2.65. The quantitative estimate of drug-likeness (QED) is 0.353. The molecule has 4 fully saturated rings. The van der Waals surface area contributed by atoms with E-state index in [2.05, 4.69) is 61.5 Å². The molecule has 6 unspecified atom stereocenters. The summed E-state index contributed by atoms with van der Waals surface area (Å²) < 4.78 is 0. The van der Waals surface area contributed by atoms with Crippen LogP contribution in [0.4, 0.5) is 0 Å². The molecule has 4 aliphatic rings. The van der Waals surface area contributed by atoms with Crippen LogP contribution in [0.3, 0.4) is 0 Å². The predicted octanol–water partition coefficient (Wildman–Crippen LogP) is 8.27. The number of unbranched alkanes of at least 4 members (excludes halogenated alkanes) is 1. The minimum absolute atomic E-state index is 0.0779. The van der Waals surface area contributed by atoms with Gasteiger partial charge in [-0.3, -0.25) is 0 Å². The SMILES string of the molecule is CC(C)=CCCCC1CC[C@]2(C)C1C(C)CC1[C@@]3(C)CC[C@H](O)[C@H](C)C3C(C)C[C@]12C. The maximum Gasteiger partial charge on any atom is 0.0568 e. The number of aliphatic hydroxyl groups excluding tert-OH is 1. The summed E-state index contributed by atoms with van der Waals surface area (Å²) in [4.78, 5) is 0. The molecule has 4 saturated carbocycles. The molecule has 11 atom stereocenters. The van der Waals surface area contributed by atoms with Crippen molar-refractivity contribution in [2.45, 2.75) is 119 Å². The molecular formula is C30H52O. The van der Waals surface area contributed by atoms with Gasteiger partial charge in [-0.2, -0.15) is 0 Å². The van der Waals surface area contributed by atoms with Crippen molar-refractivity contribution in [1.29, 1.82) is 0 Å². The van der Waals surface area contributed by atoms with Crippen LogP contribution in [-0.2, 0) is 0 Å². The Balaban J connectivity index is 1.62. The number of fused-ring (bicyclic) bond motifs is 5. The molecule has 1 nitrogen and oxygen atoms in total. The van der Waals surface area contributed by atoms with Crippen LogP contribution in [0.2, 0.25) is 0 Å². The largest absolute Gasteiger partial charge is 0.393 e. The molecule has 0 aromatic rings. The molecule has 0 aromatic carbocycles.